The summed E-state index contributed by atoms with van der Waals surface area (Å²) in [6.07, 6.45) is 7.46. The van der Waals surface area contributed by atoms with Gasteiger partial charge in [0.05, 0.1) is 12.2 Å². The highest BCUT2D eigenvalue weighted by molar-refractivity contribution is 9.10. The molecule has 0 atom stereocenters. The van der Waals surface area contributed by atoms with E-state index in [-0.39, 0.29) is 0 Å². The van der Waals surface area contributed by atoms with Crippen LogP contribution in [-0.4, -0.2) is 9.97 Å². The SMILES string of the molecule is Nc1cc2c(c3cnccc13)N(c1cccc(Br)c1)Cc1cnccc1-2. The first-order chi connectivity index (χ1) is 12.7. The van der Waals surface area contributed by atoms with E-state index in [4.69, 9.17) is 5.73 Å². The quantitative estimate of drug-likeness (QED) is 0.439. The van der Waals surface area contributed by atoms with Crippen molar-refractivity contribution >= 4 is 43.8 Å². The van der Waals surface area contributed by atoms with E-state index in [1.54, 1.807) is 6.20 Å². The second kappa shape index (κ2) is 5.81. The highest BCUT2D eigenvalue weighted by atomic mass is 79.9. The van der Waals surface area contributed by atoms with Crippen molar-refractivity contribution in [3.63, 3.8) is 0 Å². The lowest BCUT2D eigenvalue weighted by Crippen LogP contribution is -2.22. The van der Waals surface area contributed by atoms with Crippen molar-refractivity contribution in [1.82, 2.24) is 9.97 Å². The van der Waals surface area contributed by atoms with E-state index in [0.29, 0.717) is 0 Å². The van der Waals surface area contributed by atoms with Crippen LogP contribution in [0.1, 0.15) is 5.56 Å². The van der Waals surface area contributed by atoms with Crippen LogP contribution in [0.15, 0.2) is 71.7 Å². The lowest BCUT2D eigenvalue weighted by atomic mass is 9.91. The summed E-state index contributed by atoms with van der Waals surface area (Å²) < 4.78 is 1.05. The molecule has 0 saturated carbocycles. The van der Waals surface area contributed by atoms with Crippen LogP contribution in [0.2, 0.25) is 0 Å². The van der Waals surface area contributed by atoms with Crippen LogP contribution in [-0.2, 0) is 6.54 Å². The molecule has 0 radical (unpaired) electrons. The maximum absolute atomic E-state index is 6.38. The maximum Gasteiger partial charge on any atom is 0.0590 e. The summed E-state index contributed by atoms with van der Waals surface area (Å²) in [5, 5.41) is 2.08. The smallest absolute Gasteiger partial charge is 0.0590 e. The fourth-order valence-corrected chi connectivity index (χ4v) is 4.09. The van der Waals surface area contributed by atoms with Gasteiger partial charge in [0.1, 0.15) is 0 Å². The van der Waals surface area contributed by atoms with Crippen molar-refractivity contribution in [1.29, 1.82) is 0 Å². The number of hydrogen-bond donors (Lipinski definition) is 1. The van der Waals surface area contributed by atoms with E-state index < -0.39 is 0 Å². The van der Waals surface area contributed by atoms with Gasteiger partial charge < -0.3 is 10.6 Å². The molecule has 0 fully saturated rings. The van der Waals surface area contributed by atoms with E-state index in [2.05, 4.69) is 61.1 Å². The molecule has 1 aliphatic heterocycles. The number of halogens is 1. The van der Waals surface area contributed by atoms with Gasteiger partial charge in [0, 0.05) is 57.0 Å². The maximum atomic E-state index is 6.38. The van der Waals surface area contributed by atoms with Crippen molar-refractivity contribution in [2.24, 2.45) is 0 Å². The van der Waals surface area contributed by atoms with Crippen LogP contribution in [0.3, 0.4) is 0 Å². The molecule has 0 unspecified atom stereocenters. The average molecular weight is 403 g/mol. The summed E-state index contributed by atoms with van der Waals surface area (Å²) in [5.74, 6) is 0. The zero-order valence-electron chi connectivity index (χ0n) is 13.9. The molecule has 3 heterocycles. The van der Waals surface area contributed by atoms with Crippen molar-refractivity contribution in [2.45, 2.75) is 6.54 Å². The zero-order valence-corrected chi connectivity index (χ0v) is 15.4. The van der Waals surface area contributed by atoms with Crippen molar-refractivity contribution in [2.75, 3.05) is 10.6 Å². The third kappa shape index (κ3) is 2.28. The largest absolute Gasteiger partial charge is 0.398 e. The Morgan fingerprint density at radius 3 is 2.65 bits per heavy atom. The third-order valence-corrected chi connectivity index (χ3v) is 5.35. The van der Waals surface area contributed by atoms with Gasteiger partial charge in [0.25, 0.3) is 0 Å². The molecule has 0 bridgehead atoms. The van der Waals surface area contributed by atoms with E-state index in [1.165, 1.54) is 11.1 Å². The Kier molecular flexibility index (Phi) is 3.43. The van der Waals surface area contributed by atoms with Crippen molar-refractivity contribution in [3.8, 4) is 11.1 Å². The highest BCUT2D eigenvalue weighted by Gasteiger charge is 2.26. The minimum absolute atomic E-state index is 0.751. The summed E-state index contributed by atoms with van der Waals surface area (Å²) in [4.78, 5) is 11.0. The van der Waals surface area contributed by atoms with Crippen LogP contribution in [0.5, 0.6) is 0 Å². The molecule has 26 heavy (non-hydrogen) atoms. The molecule has 126 valence electrons. The average Bonchev–Trinajstić information content (AvgIpc) is 2.67. The Bertz CT molecular complexity index is 1160. The van der Waals surface area contributed by atoms with Crippen molar-refractivity contribution < 1.29 is 0 Å². The molecule has 0 saturated heterocycles. The highest BCUT2D eigenvalue weighted by Crippen LogP contribution is 2.47. The minimum Gasteiger partial charge on any atom is -0.398 e. The number of nitrogen functional groups attached to an aromatic ring is 1. The molecular formula is C21H15BrN4. The molecule has 2 N–H and O–H groups in total. The normalized spacial score (nSPS) is 12.7. The van der Waals surface area contributed by atoms with Crippen LogP contribution in [0.25, 0.3) is 21.9 Å². The van der Waals surface area contributed by atoms with E-state index >= 15 is 0 Å². The number of hydrogen-bond acceptors (Lipinski definition) is 4. The summed E-state index contributed by atoms with van der Waals surface area (Å²) >= 11 is 3.59. The Morgan fingerprint density at radius 1 is 0.923 bits per heavy atom. The predicted octanol–water partition coefficient (Wildman–Crippen LogP) is 5.29. The number of fused-ring (bicyclic) bond motifs is 5. The van der Waals surface area contributed by atoms with Gasteiger partial charge in [-0.3, -0.25) is 9.97 Å². The molecule has 5 rings (SSSR count). The fourth-order valence-electron chi connectivity index (χ4n) is 3.71. The second-order valence-corrected chi connectivity index (χ2v) is 7.30. The topological polar surface area (TPSA) is 55.0 Å². The van der Waals surface area contributed by atoms with Crippen LogP contribution < -0.4 is 10.6 Å². The van der Waals surface area contributed by atoms with Crippen LogP contribution in [0, 0.1) is 0 Å². The van der Waals surface area contributed by atoms with E-state index in [0.717, 1.165) is 44.4 Å². The third-order valence-electron chi connectivity index (χ3n) is 4.85. The molecule has 5 heteroatoms. The molecular weight excluding hydrogens is 388 g/mol. The number of rotatable bonds is 1. The fraction of sp³-hybridized carbons (Fsp3) is 0.0476. The van der Waals surface area contributed by atoms with E-state index in [1.807, 2.05) is 30.7 Å². The number of anilines is 3. The van der Waals surface area contributed by atoms with Gasteiger partial charge in [-0.25, -0.2) is 0 Å². The van der Waals surface area contributed by atoms with Gasteiger partial charge in [-0.1, -0.05) is 22.0 Å². The molecule has 4 nitrogen and oxygen atoms in total. The van der Waals surface area contributed by atoms with Gasteiger partial charge in [-0.05, 0) is 47.5 Å². The first-order valence-corrected chi connectivity index (χ1v) is 9.14. The minimum atomic E-state index is 0.751. The molecule has 2 aromatic heterocycles. The molecule has 0 spiro atoms. The second-order valence-electron chi connectivity index (χ2n) is 6.38. The molecule has 0 aliphatic carbocycles. The summed E-state index contributed by atoms with van der Waals surface area (Å²) in [6, 6.07) is 14.4. The first-order valence-electron chi connectivity index (χ1n) is 8.35. The summed E-state index contributed by atoms with van der Waals surface area (Å²) in [5.41, 5.74) is 12.9. The Labute approximate surface area is 159 Å². The Morgan fingerprint density at radius 2 is 1.77 bits per heavy atom. The van der Waals surface area contributed by atoms with Gasteiger partial charge in [0.2, 0.25) is 0 Å². The molecule has 0 amide bonds. The van der Waals surface area contributed by atoms with Gasteiger partial charge in [0.15, 0.2) is 0 Å². The van der Waals surface area contributed by atoms with Crippen LogP contribution in [0.4, 0.5) is 17.1 Å². The van der Waals surface area contributed by atoms with Gasteiger partial charge in [-0.2, -0.15) is 0 Å². The predicted molar refractivity (Wildman–Crippen MR) is 109 cm³/mol. The number of nitrogens with zero attached hydrogens (tertiary/aromatic N) is 3. The first kappa shape index (κ1) is 15.3. The van der Waals surface area contributed by atoms with Gasteiger partial charge >= 0.3 is 0 Å². The summed E-state index contributed by atoms with van der Waals surface area (Å²) in [7, 11) is 0. The number of nitrogens with two attached hydrogens (primary N) is 1. The zero-order chi connectivity index (χ0) is 17.7. The Balaban J connectivity index is 1.88. The van der Waals surface area contributed by atoms with E-state index in [9.17, 15) is 0 Å². The lowest BCUT2D eigenvalue weighted by molar-refractivity contribution is 0.954. The Hall–Kier alpha value is -2.92. The molecule has 1 aliphatic rings. The number of aromatic nitrogens is 2. The lowest BCUT2D eigenvalue weighted by Gasteiger charge is -2.34. The van der Waals surface area contributed by atoms with Crippen molar-refractivity contribution in [3.05, 3.63) is 77.3 Å². The summed E-state index contributed by atoms with van der Waals surface area (Å²) in [6.45, 7) is 0.751. The standard InChI is InChI=1S/C21H15BrN4/c22-14-2-1-3-15(8-14)26-12-13-10-24-6-4-16(13)18-9-20(23)17-5-7-25-11-19(17)21(18)26/h1-11H,12,23H2. The molecule has 2 aromatic carbocycles. The van der Waals surface area contributed by atoms with Gasteiger partial charge in [-0.15, -0.1) is 0 Å². The molecule has 4 aromatic rings. The number of benzene rings is 2. The van der Waals surface area contributed by atoms with Crippen LogP contribution >= 0.6 is 15.9 Å². The monoisotopic (exact) mass is 402 g/mol. The number of pyridine rings is 2.